The van der Waals surface area contributed by atoms with Crippen molar-refractivity contribution in [1.29, 1.82) is 0 Å². The Morgan fingerprint density at radius 3 is 2.30 bits per heavy atom. The molecule has 2 aliphatic rings. The van der Waals surface area contributed by atoms with E-state index in [9.17, 15) is 4.79 Å². The number of hydrogen-bond donors (Lipinski definition) is 0. The van der Waals surface area contributed by atoms with Crippen molar-refractivity contribution in [2.24, 2.45) is 5.41 Å². The van der Waals surface area contributed by atoms with Gasteiger partial charge in [0.1, 0.15) is 0 Å². The van der Waals surface area contributed by atoms with Gasteiger partial charge in [-0.1, -0.05) is 32.9 Å². The maximum Gasteiger partial charge on any atom is 0.223 e. The van der Waals surface area contributed by atoms with Gasteiger partial charge in [-0.2, -0.15) is 0 Å². The smallest absolute Gasteiger partial charge is 0.223 e. The number of carbonyl (C=O) groups is 1. The summed E-state index contributed by atoms with van der Waals surface area (Å²) >= 11 is 0. The first-order valence-electron chi connectivity index (χ1n) is 10.5. The van der Waals surface area contributed by atoms with E-state index in [1.54, 1.807) is 0 Å². The molecule has 7 nitrogen and oxygen atoms in total. The zero-order chi connectivity index (χ0) is 19.4. The first-order chi connectivity index (χ1) is 12.8. The Bertz CT molecular complexity index is 606. The second-order valence-corrected chi connectivity index (χ2v) is 9.25. The van der Waals surface area contributed by atoms with Crippen molar-refractivity contribution in [3.05, 3.63) is 11.9 Å². The highest BCUT2D eigenvalue weighted by Gasteiger charge is 2.27. The van der Waals surface area contributed by atoms with Gasteiger partial charge in [0.15, 0.2) is 0 Å². The number of likely N-dealkylation sites (N-methyl/N-ethyl adjacent to an activating group) is 1. The minimum atomic E-state index is 0.0529. The Morgan fingerprint density at radius 2 is 1.70 bits per heavy atom. The molecule has 0 unspecified atom stereocenters. The molecule has 2 aliphatic heterocycles. The number of amides is 1. The van der Waals surface area contributed by atoms with Crippen LogP contribution in [-0.4, -0.2) is 81.4 Å². The molecule has 1 aromatic heterocycles. The summed E-state index contributed by atoms with van der Waals surface area (Å²) in [6, 6.07) is 0.363. The zero-order valence-corrected chi connectivity index (χ0v) is 17.5. The van der Waals surface area contributed by atoms with Crippen molar-refractivity contribution in [3.63, 3.8) is 0 Å². The lowest BCUT2D eigenvalue weighted by molar-refractivity contribution is -0.134. The lowest BCUT2D eigenvalue weighted by Gasteiger charge is -2.33. The second kappa shape index (κ2) is 8.69. The Balaban J connectivity index is 1.46. The largest absolute Gasteiger partial charge is 0.343 e. The van der Waals surface area contributed by atoms with Gasteiger partial charge >= 0.3 is 0 Å². The average Bonchev–Trinajstić information content (AvgIpc) is 3.09. The van der Waals surface area contributed by atoms with Gasteiger partial charge in [-0.25, -0.2) is 4.68 Å². The maximum atomic E-state index is 12.4. The maximum absolute atomic E-state index is 12.4. The Labute approximate surface area is 163 Å². The molecule has 0 aliphatic carbocycles. The predicted molar refractivity (Wildman–Crippen MR) is 106 cm³/mol. The average molecular weight is 377 g/mol. The second-order valence-electron chi connectivity index (χ2n) is 9.25. The SMILES string of the molecule is CCN1CCN(Cc2cn(C3CCN(C(=O)CC(C)(C)C)CC3)nn2)CC1. The fourth-order valence-corrected chi connectivity index (χ4v) is 4.00. The quantitative estimate of drug-likeness (QED) is 0.787. The molecule has 2 saturated heterocycles. The Hall–Kier alpha value is -1.47. The van der Waals surface area contributed by atoms with Crippen LogP contribution in [-0.2, 0) is 11.3 Å². The highest BCUT2D eigenvalue weighted by molar-refractivity contribution is 5.76. The number of rotatable bonds is 5. The molecule has 3 heterocycles. The van der Waals surface area contributed by atoms with Gasteiger partial charge in [0.25, 0.3) is 0 Å². The predicted octanol–water partition coefficient (Wildman–Crippen LogP) is 2.02. The summed E-state index contributed by atoms with van der Waals surface area (Å²) in [7, 11) is 0. The van der Waals surface area contributed by atoms with E-state index in [1.165, 1.54) is 0 Å². The first kappa shape index (κ1) is 20.3. The standard InChI is InChI=1S/C20H36N6O/c1-5-23-10-12-24(13-11-23)15-17-16-26(22-21-17)18-6-8-25(9-7-18)19(27)14-20(2,3)4/h16,18H,5-15H2,1-4H3. The molecule has 27 heavy (non-hydrogen) atoms. The lowest BCUT2D eigenvalue weighted by atomic mass is 9.91. The molecule has 7 heteroatoms. The number of hydrogen-bond acceptors (Lipinski definition) is 5. The first-order valence-corrected chi connectivity index (χ1v) is 10.5. The molecule has 2 fully saturated rings. The number of carbonyl (C=O) groups excluding carboxylic acids is 1. The van der Waals surface area contributed by atoms with Gasteiger partial charge in [0, 0.05) is 52.2 Å². The number of piperazine rings is 1. The van der Waals surface area contributed by atoms with E-state index in [0.29, 0.717) is 12.5 Å². The Morgan fingerprint density at radius 1 is 1.07 bits per heavy atom. The number of likely N-dealkylation sites (tertiary alicyclic amines) is 1. The molecule has 0 atom stereocenters. The minimum Gasteiger partial charge on any atom is -0.343 e. The van der Waals surface area contributed by atoms with Crippen molar-refractivity contribution in [3.8, 4) is 0 Å². The topological polar surface area (TPSA) is 57.5 Å². The van der Waals surface area contributed by atoms with Crippen molar-refractivity contribution < 1.29 is 4.79 Å². The van der Waals surface area contributed by atoms with Crippen LogP contribution in [0.25, 0.3) is 0 Å². The van der Waals surface area contributed by atoms with E-state index in [2.05, 4.69) is 54.0 Å². The van der Waals surface area contributed by atoms with Gasteiger partial charge in [0.05, 0.1) is 17.9 Å². The van der Waals surface area contributed by atoms with Crippen molar-refractivity contribution in [2.45, 2.75) is 59.5 Å². The summed E-state index contributed by atoms with van der Waals surface area (Å²) in [5.74, 6) is 0.284. The fourth-order valence-electron chi connectivity index (χ4n) is 4.00. The van der Waals surface area contributed by atoms with Crippen molar-refractivity contribution in [2.75, 3.05) is 45.8 Å². The van der Waals surface area contributed by atoms with E-state index in [1.807, 2.05) is 9.58 Å². The summed E-state index contributed by atoms with van der Waals surface area (Å²) in [4.78, 5) is 19.4. The highest BCUT2D eigenvalue weighted by atomic mass is 16.2. The van der Waals surface area contributed by atoms with Crippen LogP contribution in [0.5, 0.6) is 0 Å². The number of piperidine rings is 1. The van der Waals surface area contributed by atoms with Crippen LogP contribution in [0.4, 0.5) is 0 Å². The van der Waals surface area contributed by atoms with E-state index in [0.717, 1.165) is 70.9 Å². The molecule has 0 aromatic carbocycles. The molecule has 0 saturated carbocycles. The van der Waals surface area contributed by atoms with Crippen molar-refractivity contribution in [1.82, 2.24) is 29.7 Å². The van der Waals surface area contributed by atoms with E-state index >= 15 is 0 Å². The number of aromatic nitrogens is 3. The summed E-state index contributed by atoms with van der Waals surface area (Å²) < 4.78 is 2.03. The van der Waals surface area contributed by atoms with Crippen LogP contribution in [0.3, 0.4) is 0 Å². The normalized spacial score (nSPS) is 21.0. The molecule has 0 spiro atoms. The van der Waals surface area contributed by atoms with Crippen LogP contribution in [0.15, 0.2) is 6.20 Å². The van der Waals surface area contributed by atoms with E-state index in [-0.39, 0.29) is 11.3 Å². The van der Waals surface area contributed by atoms with Crippen LogP contribution in [0.1, 0.15) is 58.7 Å². The van der Waals surface area contributed by atoms with Crippen LogP contribution in [0, 0.1) is 5.41 Å². The molecular formula is C20H36N6O. The lowest BCUT2D eigenvalue weighted by Crippen LogP contribution is -2.45. The minimum absolute atomic E-state index is 0.0529. The van der Waals surface area contributed by atoms with E-state index in [4.69, 9.17) is 0 Å². The summed E-state index contributed by atoms with van der Waals surface area (Å²) in [6.45, 7) is 16.8. The third-order valence-corrected chi connectivity index (χ3v) is 5.73. The summed E-state index contributed by atoms with van der Waals surface area (Å²) in [5.41, 5.74) is 1.11. The molecule has 0 radical (unpaired) electrons. The van der Waals surface area contributed by atoms with Gasteiger partial charge in [-0.15, -0.1) is 5.10 Å². The monoisotopic (exact) mass is 376 g/mol. The molecule has 0 N–H and O–H groups in total. The molecule has 0 bridgehead atoms. The fraction of sp³-hybridized carbons (Fsp3) is 0.850. The third kappa shape index (κ3) is 5.75. The molecular weight excluding hydrogens is 340 g/mol. The zero-order valence-electron chi connectivity index (χ0n) is 17.5. The van der Waals surface area contributed by atoms with Gasteiger partial charge in [0.2, 0.25) is 5.91 Å². The van der Waals surface area contributed by atoms with Crippen molar-refractivity contribution >= 4 is 5.91 Å². The van der Waals surface area contributed by atoms with Gasteiger partial charge < -0.3 is 9.80 Å². The summed E-state index contributed by atoms with van der Waals surface area (Å²) in [5, 5.41) is 8.80. The van der Waals surface area contributed by atoms with Crippen LogP contribution >= 0.6 is 0 Å². The van der Waals surface area contributed by atoms with E-state index < -0.39 is 0 Å². The molecule has 3 rings (SSSR count). The molecule has 152 valence electrons. The van der Waals surface area contributed by atoms with Crippen LogP contribution in [0.2, 0.25) is 0 Å². The molecule has 1 amide bonds. The van der Waals surface area contributed by atoms with Gasteiger partial charge in [-0.05, 0) is 24.8 Å². The number of nitrogens with zero attached hydrogens (tertiary/aromatic N) is 6. The molecule has 1 aromatic rings. The van der Waals surface area contributed by atoms with Crippen LogP contribution < -0.4 is 0 Å². The van der Waals surface area contributed by atoms with Gasteiger partial charge in [-0.3, -0.25) is 9.69 Å². The summed E-state index contributed by atoms with van der Waals surface area (Å²) in [6.07, 6.45) is 4.67. The highest BCUT2D eigenvalue weighted by Crippen LogP contribution is 2.25. The third-order valence-electron chi connectivity index (χ3n) is 5.73. The Kier molecular flexibility index (Phi) is 6.52.